The molecule has 12 nitrogen and oxygen atoms in total. The number of primary amides is 1. The number of esters is 1. The monoisotopic (exact) mass is 757 g/mol. The number of ether oxygens (including phenoxy) is 2. The second kappa shape index (κ2) is 16.7. The molecule has 3 atom stereocenters. The van der Waals surface area contributed by atoms with Gasteiger partial charge in [0.1, 0.15) is 11.1 Å². The van der Waals surface area contributed by atoms with Gasteiger partial charge in [-0.25, -0.2) is 14.6 Å². The molecule has 1 aliphatic heterocycles. The number of carbonyl (C=O) groups excluding carboxylic acids is 5. The molecule has 0 saturated heterocycles. The number of rotatable bonds is 13. The van der Waals surface area contributed by atoms with Crippen molar-refractivity contribution in [2.24, 2.45) is 22.6 Å². The van der Waals surface area contributed by atoms with E-state index in [1.165, 1.54) is 19.9 Å². The molecule has 0 bridgehead atoms. The number of amides is 4. The lowest BCUT2D eigenvalue weighted by Crippen LogP contribution is -2.54. The molecule has 0 unspecified atom stereocenters. The number of aliphatic imine (C=N–C) groups is 1. The van der Waals surface area contributed by atoms with Gasteiger partial charge >= 0.3 is 24.4 Å². The first kappa shape index (κ1) is 42.3. The summed E-state index contributed by atoms with van der Waals surface area (Å²) in [4.78, 5) is 71.2. The summed E-state index contributed by atoms with van der Waals surface area (Å²) in [5.74, 6) is -8.96. The van der Waals surface area contributed by atoms with Gasteiger partial charge in [0.25, 0.3) is 5.91 Å². The van der Waals surface area contributed by atoms with E-state index in [1.807, 2.05) is 0 Å². The van der Waals surface area contributed by atoms with Crippen LogP contribution in [0.1, 0.15) is 71.4 Å². The van der Waals surface area contributed by atoms with Crippen molar-refractivity contribution in [3.8, 4) is 0 Å². The van der Waals surface area contributed by atoms with E-state index in [9.17, 15) is 50.3 Å². The quantitative estimate of drug-likeness (QED) is 0.179. The molecule has 4 N–H and O–H groups in total. The molecule has 1 aliphatic rings. The number of anilines is 1. The molecule has 0 radical (unpaired) electrons. The Bertz CT molecular complexity index is 1690. The number of hydrogen-bond acceptors (Lipinski definition) is 8. The van der Waals surface area contributed by atoms with Crippen LogP contribution in [0, 0.1) is 11.8 Å². The lowest BCUT2D eigenvalue weighted by molar-refractivity contribution is -0.152. The van der Waals surface area contributed by atoms with Crippen LogP contribution in [-0.2, 0) is 28.7 Å². The highest BCUT2D eigenvalue weighted by Crippen LogP contribution is 2.34. The zero-order chi connectivity index (χ0) is 39.9. The van der Waals surface area contributed by atoms with E-state index < -0.39 is 104 Å². The number of para-hydroxylation sites is 1. The third-order valence-corrected chi connectivity index (χ3v) is 7.85. The molecule has 2 aromatic rings. The van der Waals surface area contributed by atoms with Crippen molar-refractivity contribution >= 4 is 41.2 Å². The number of benzodiazepines with no additional fused rings is 1. The smallest absolute Gasteiger partial charge is 0.408 e. The summed E-state index contributed by atoms with van der Waals surface area (Å²) in [6.07, 6.45) is -18.1. The number of nitrogens with zero attached hydrogens (tertiary/aromatic N) is 2. The molecule has 0 aromatic heterocycles. The standard InChI is InChI=1S/C35H41F6N5O7/c1-32(2,3)53-31(51)45-33(4,5)30(50)52-19-46-24-14-10-9-13-23(24)25(20-11-7-6-8-12-20)43-27(29(46)49)44-28(48)22(16-18-35(39,40)41)21(26(42)47)15-17-34(36,37)38/h6-14,21-22,27H,15-19H2,1-5H3,(H2,42,47)(H,44,48)(H,45,51)/t21-,22+,27+/m0/s1. The van der Waals surface area contributed by atoms with Gasteiger partial charge in [-0.2, -0.15) is 26.3 Å². The summed E-state index contributed by atoms with van der Waals surface area (Å²) < 4.78 is 90.0. The van der Waals surface area contributed by atoms with Gasteiger partial charge in [-0.1, -0.05) is 48.5 Å². The number of hydrogen-bond donors (Lipinski definition) is 3. The number of benzene rings is 2. The van der Waals surface area contributed by atoms with Crippen LogP contribution >= 0.6 is 0 Å². The third-order valence-electron chi connectivity index (χ3n) is 7.85. The van der Waals surface area contributed by atoms with E-state index in [-0.39, 0.29) is 11.4 Å². The fraction of sp³-hybridized carbons (Fsp3) is 0.486. The Morgan fingerprint density at radius 2 is 1.40 bits per heavy atom. The van der Waals surface area contributed by atoms with Crippen LogP contribution < -0.4 is 21.3 Å². The highest BCUT2D eigenvalue weighted by molar-refractivity contribution is 6.20. The Labute approximate surface area is 301 Å². The topological polar surface area (TPSA) is 169 Å². The van der Waals surface area contributed by atoms with Gasteiger partial charge in [-0.15, -0.1) is 0 Å². The van der Waals surface area contributed by atoms with Crippen molar-refractivity contribution in [1.82, 2.24) is 10.6 Å². The van der Waals surface area contributed by atoms with E-state index in [4.69, 9.17) is 15.2 Å². The Hall–Kier alpha value is -5.16. The molecule has 4 amide bonds. The normalized spacial score (nSPS) is 16.4. The summed E-state index contributed by atoms with van der Waals surface area (Å²) >= 11 is 0. The van der Waals surface area contributed by atoms with Gasteiger partial charge in [-0.05, 0) is 53.5 Å². The molecule has 18 heteroatoms. The lowest BCUT2D eigenvalue weighted by Gasteiger charge is -2.30. The Morgan fingerprint density at radius 3 is 1.94 bits per heavy atom. The van der Waals surface area contributed by atoms with Crippen LogP contribution in [0.25, 0.3) is 0 Å². The molecule has 0 aliphatic carbocycles. The van der Waals surface area contributed by atoms with Gasteiger partial charge in [0, 0.05) is 35.8 Å². The Kier molecular flexibility index (Phi) is 13.3. The zero-order valence-corrected chi connectivity index (χ0v) is 29.6. The maximum absolute atomic E-state index is 14.2. The molecule has 2 aromatic carbocycles. The maximum Gasteiger partial charge on any atom is 0.408 e. The van der Waals surface area contributed by atoms with Crippen LogP contribution in [0.3, 0.4) is 0 Å². The van der Waals surface area contributed by atoms with Gasteiger partial charge in [0.05, 0.1) is 11.4 Å². The molecule has 0 fully saturated rings. The molecule has 0 spiro atoms. The van der Waals surface area contributed by atoms with Crippen molar-refractivity contribution in [3.05, 3.63) is 65.7 Å². The number of fused-ring (bicyclic) bond motifs is 1. The lowest BCUT2D eigenvalue weighted by atomic mass is 9.83. The second-order valence-corrected chi connectivity index (χ2v) is 13.8. The minimum absolute atomic E-state index is 0.107. The maximum atomic E-state index is 14.2. The second-order valence-electron chi connectivity index (χ2n) is 13.8. The number of alkyl halides is 6. The van der Waals surface area contributed by atoms with Gasteiger partial charge in [0.15, 0.2) is 6.73 Å². The SMILES string of the molecule is CC(C)(C)OC(=O)NC(C)(C)C(=O)OCN1C(=O)[C@@H](NC(=O)[C@H](CCC(F)(F)F)[C@H](CCC(F)(F)F)C(N)=O)N=C(c2ccccc2)c2ccccc21. The van der Waals surface area contributed by atoms with Crippen molar-refractivity contribution in [1.29, 1.82) is 0 Å². The highest BCUT2D eigenvalue weighted by atomic mass is 19.4. The number of nitrogens with two attached hydrogens (primary N) is 1. The van der Waals surface area contributed by atoms with Gasteiger partial charge < -0.3 is 25.8 Å². The first-order valence-electron chi connectivity index (χ1n) is 16.3. The number of carbonyl (C=O) groups is 5. The average Bonchev–Trinajstić information content (AvgIpc) is 3.13. The van der Waals surface area contributed by atoms with Crippen LogP contribution in [-0.4, -0.2) is 71.9 Å². The van der Waals surface area contributed by atoms with Crippen molar-refractivity contribution in [2.75, 3.05) is 11.6 Å². The first-order chi connectivity index (χ1) is 24.4. The van der Waals surface area contributed by atoms with Crippen LogP contribution in [0.2, 0.25) is 0 Å². The van der Waals surface area contributed by atoms with E-state index in [0.29, 0.717) is 11.1 Å². The minimum atomic E-state index is -4.87. The molecule has 1 heterocycles. The number of alkyl carbamates (subject to hydrolysis) is 1. The summed E-state index contributed by atoms with van der Waals surface area (Å²) in [7, 11) is 0. The van der Waals surface area contributed by atoms with Crippen LogP contribution in [0.4, 0.5) is 36.8 Å². The van der Waals surface area contributed by atoms with Crippen molar-refractivity contribution in [3.63, 3.8) is 0 Å². The summed E-state index contributed by atoms with van der Waals surface area (Å²) in [6.45, 7) is 6.62. The predicted octanol–water partition coefficient (Wildman–Crippen LogP) is 5.52. The number of halogens is 6. The average molecular weight is 758 g/mol. The molecule has 3 rings (SSSR count). The zero-order valence-electron chi connectivity index (χ0n) is 29.6. The highest BCUT2D eigenvalue weighted by Gasteiger charge is 2.42. The van der Waals surface area contributed by atoms with E-state index >= 15 is 0 Å². The summed E-state index contributed by atoms with van der Waals surface area (Å²) in [6, 6.07) is 14.4. The first-order valence-corrected chi connectivity index (χ1v) is 16.3. The third kappa shape index (κ3) is 12.5. The summed E-state index contributed by atoms with van der Waals surface area (Å²) in [5, 5.41) is 4.59. The fourth-order valence-electron chi connectivity index (χ4n) is 5.33. The van der Waals surface area contributed by atoms with Gasteiger partial charge in [0.2, 0.25) is 18.0 Å². The summed E-state index contributed by atoms with van der Waals surface area (Å²) in [5.41, 5.74) is 3.67. The Balaban J connectivity index is 2.05. The van der Waals surface area contributed by atoms with Crippen LogP contribution in [0.15, 0.2) is 59.6 Å². The minimum Gasteiger partial charge on any atom is -0.444 e. The molecule has 0 saturated carbocycles. The van der Waals surface area contributed by atoms with E-state index in [1.54, 1.807) is 69.3 Å². The Morgan fingerprint density at radius 1 is 0.849 bits per heavy atom. The predicted molar refractivity (Wildman–Crippen MR) is 179 cm³/mol. The van der Waals surface area contributed by atoms with E-state index in [0.717, 1.165) is 4.90 Å². The fourth-order valence-corrected chi connectivity index (χ4v) is 5.33. The van der Waals surface area contributed by atoms with Gasteiger partial charge in [-0.3, -0.25) is 19.3 Å². The van der Waals surface area contributed by atoms with Crippen molar-refractivity contribution in [2.45, 2.75) is 90.0 Å². The molecular weight excluding hydrogens is 716 g/mol. The largest absolute Gasteiger partial charge is 0.444 e. The number of nitrogens with one attached hydrogen (secondary N) is 2. The molecule has 53 heavy (non-hydrogen) atoms. The van der Waals surface area contributed by atoms with E-state index in [2.05, 4.69) is 15.6 Å². The van der Waals surface area contributed by atoms with Crippen molar-refractivity contribution < 1.29 is 59.8 Å². The van der Waals surface area contributed by atoms with Crippen LogP contribution in [0.5, 0.6) is 0 Å². The molecule has 290 valence electrons. The molecular formula is C35H41F6N5O7.